The SMILES string of the molecule is CCCCCCCC[C@H]1CCC[C@@H]1CCCCC=C(Cl)C(=O)Cl. The molecule has 1 aliphatic carbocycles. The molecule has 0 amide bonds. The second-order valence-electron chi connectivity index (χ2n) is 7.12. The number of halogens is 2. The number of carbonyl (C=O) groups excluding carboxylic acids is 1. The highest BCUT2D eigenvalue weighted by molar-refractivity contribution is 6.74. The van der Waals surface area contributed by atoms with Gasteiger partial charge in [0.15, 0.2) is 0 Å². The van der Waals surface area contributed by atoms with E-state index in [4.69, 9.17) is 23.2 Å². The van der Waals surface area contributed by atoms with Crippen molar-refractivity contribution in [1.82, 2.24) is 0 Å². The van der Waals surface area contributed by atoms with Crippen LogP contribution >= 0.6 is 23.2 Å². The zero-order valence-corrected chi connectivity index (χ0v) is 16.3. The summed E-state index contributed by atoms with van der Waals surface area (Å²) in [6.07, 6.45) is 20.5. The number of hydrogen-bond donors (Lipinski definition) is 0. The first-order valence-electron chi connectivity index (χ1n) is 9.70. The van der Waals surface area contributed by atoms with Crippen LogP contribution in [0, 0.1) is 11.8 Å². The third-order valence-corrected chi connectivity index (χ3v) is 5.91. The van der Waals surface area contributed by atoms with Crippen LogP contribution in [0.4, 0.5) is 0 Å². The second-order valence-corrected chi connectivity index (χ2v) is 7.87. The Hall–Kier alpha value is -0.0100. The Morgan fingerprint density at radius 1 is 0.913 bits per heavy atom. The van der Waals surface area contributed by atoms with E-state index in [9.17, 15) is 4.79 Å². The van der Waals surface area contributed by atoms with Gasteiger partial charge in [0.2, 0.25) is 0 Å². The molecule has 2 atom stereocenters. The number of rotatable bonds is 13. The molecule has 0 saturated heterocycles. The molecule has 3 heteroatoms. The summed E-state index contributed by atoms with van der Waals surface area (Å²) in [6.45, 7) is 2.28. The van der Waals surface area contributed by atoms with Gasteiger partial charge in [0.25, 0.3) is 5.24 Å². The van der Waals surface area contributed by atoms with E-state index in [1.54, 1.807) is 6.08 Å². The summed E-state index contributed by atoms with van der Waals surface area (Å²) in [7, 11) is 0. The minimum atomic E-state index is -0.540. The summed E-state index contributed by atoms with van der Waals surface area (Å²) >= 11 is 11.0. The van der Waals surface area contributed by atoms with E-state index in [0.717, 1.165) is 24.7 Å². The highest BCUT2D eigenvalue weighted by Crippen LogP contribution is 2.38. The van der Waals surface area contributed by atoms with E-state index >= 15 is 0 Å². The van der Waals surface area contributed by atoms with Gasteiger partial charge in [0.1, 0.15) is 0 Å². The molecule has 23 heavy (non-hydrogen) atoms. The Morgan fingerprint density at radius 3 is 2.09 bits per heavy atom. The molecule has 0 aliphatic heterocycles. The minimum absolute atomic E-state index is 0.175. The first-order chi connectivity index (χ1) is 11.1. The molecule has 1 fully saturated rings. The average Bonchev–Trinajstić information content (AvgIpc) is 2.97. The van der Waals surface area contributed by atoms with Crippen LogP contribution in [0.2, 0.25) is 0 Å². The molecule has 1 rings (SSSR count). The monoisotopic (exact) mass is 360 g/mol. The molecular weight excluding hydrogens is 327 g/mol. The fourth-order valence-corrected chi connectivity index (χ4v) is 4.11. The average molecular weight is 361 g/mol. The van der Waals surface area contributed by atoms with E-state index in [-0.39, 0.29) is 5.03 Å². The van der Waals surface area contributed by atoms with Crippen molar-refractivity contribution >= 4 is 28.4 Å². The fraction of sp³-hybridized carbons (Fsp3) is 0.850. The third-order valence-electron chi connectivity index (χ3n) is 5.29. The first kappa shape index (κ1) is 21.0. The van der Waals surface area contributed by atoms with Crippen LogP contribution in [-0.4, -0.2) is 5.24 Å². The van der Waals surface area contributed by atoms with Gasteiger partial charge in [0, 0.05) is 0 Å². The van der Waals surface area contributed by atoms with Crippen molar-refractivity contribution in [3.8, 4) is 0 Å². The van der Waals surface area contributed by atoms with E-state index in [1.807, 2.05) is 0 Å². The molecule has 0 bridgehead atoms. The van der Waals surface area contributed by atoms with Gasteiger partial charge >= 0.3 is 0 Å². The normalized spacial score (nSPS) is 21.8. The lowest BCUT2D eigenvalue weighted by atomic mass is 9.87. The van der Waals surface area contributed by atoms with Crippen molar-refractivity contribution in [2.45, 2.75) is 96.8 Å². The standard InChI is InChI=1S/C20H34Cl2O/c1-2-3-4-5-6-8-12-17-14-11-15-18(17)13-9-7-10-16-19(21)20(22)23/h16-18H,2-15H2,1H3/t17-,18-/m0/s1. The molecule has 0 N–H and O–H groups in total. The quantitative estimate of drug-likeness (QED) is 0.187. The van der Waals surface area contributed by atoms with Crippen LogP contribution < -0.4 is 0 Å². The van der Waals surface area contributed by atoms with Gasteiger partial charge in [-0.05, 0) is 36.3 Å². The summed E-state index contributed by atoms with van der Waals surface area (Å²) in [6, 6.07) is 0. The summed E-state index contributed by atoms with van der Waals surface area (Å²) < 4.78 is 0. The highest BCUT2D eigenvalue weighted by atomic mass is 35.5. The van der Waals surface area contributed by atoms with Crippen molar-refractivity contribution in [2.24, 2.45) is 11.8 Å². The van der Waals surface area contributed by atoms with E-state index in [0.29, 0.717) is 0 Å². The number of unbranched alkanes of at least 4 members (excludes halogenated alkanes) is 7. The molecule has 0 heterocycles. The minimum Gasteiger partial charge on any atom is -0.275 e. The Bertz CT molecular complexity index is 352. The number of carbonyl (C=O) groups is 1. The predicted molar refractivity (Wildman–Crippen MR) is 102 cm³/mol. The molecular formula is C20H34Cl2O. The van der Waals surface area contributed by atoms with Crippen LogP contribution in [0.25, 0.3) is 0 Å². The van der Waals surface area contributed by atoms with E-state index in [2.05, 4.69) is 6.92 Å². The lowest BCUT2D eigenvalue weighted by molar-refractivity contribution is -0.108. The summed E-state index contributed by atoms with van der Waals surface area (Å²) in [5.74, 6) is 1.92. The van der Waals surface area contributed by atoms with Crippen LogP contribution in [0.5, 0.6) is 0 Å². The summed E-state index contributed by atoms with van der Waals surface area (Å²) in [5, 5.41) is -0.366. The lowest BCUT2D eigenvalue weighted by Crippen LogP contribution is -2.08. The molecule has 0 unspecified atom stereocenters. The first-order valence-corrected chi connectivity index (χ1v) is 10.5. The Kier molecular flexibility index (Phi) is 12.2. The fourth-order valence-electron chi connectivity index (χ4n) is 3.92. The number of allylic oxidation sites excluding steroid dienone is 2. The second kappa shape index (κ2) is 13.3. The maximum atomic E-state index is 10.8. The third kappa shape index (κ3) is 9.77. The Balaban J connectivity index is 2.08. The molecule has 1 nitrogen and oxygen atoms in total. The summed E-state index contributed by atoms with van der Waals surface area (Å²) in [4.78, 5) is 10.8. The molecule has 0 aromatic heterocycles. The Labute approximate surface area is 153 Å². The van der Waals surface area contributed by atoms with Crippen molar-refractivity contribution in [3.63, 3.8) is 0 Å². The Morgan fingerprint density at radius 2 is 1.48 bits per heavy atom. The molecule has 1 saturated carbocycles. The molecule has 0 radical (unpaired) electrons. The van der Waals surface area contributed by atoms with Crippen LogP contribution in [0.15, 0.2) is 11.1 Å². The maximum absolute atomic E-state index is 10.8. The van der Waals surface area contributed by atoms with Crippen molar-refractivity contribution in [3.05, 3.63) is 11.1 Å². The van der Waals surface area contributed by atoms with Gasteiger partial charge in [-0.1, -0.05) is 102 Å². The van der Waals surface area contributed by atoms with E-state index < -0.39 is 5.24 Å². The topological polar surface area (TPSA) is 17.1 Å². The van der Waals surface area contributed by atoms with Crippen LogP contribution in [0.3, 0.4) is 0 Å². The van der Waals surface area contributed by atoms with Gasteiger partial charge in [-0.2, -0.15) is 0 Å². The molecule has 0 aromatic rings. The lowest BCUT2D eigenvalue weighted by Gasteiger charge is -2.19. The van der Waals surface area contributed by atoms with Crippen LogP contribution in [-0.2, 0) is 4.79 Å². The zero-order chi connectivity index (χ0) is 16.9. The van der Waals surface area contributed by atoms with Crippen LogP contribution in [0.1, 0.15) is 96.8 Å². The molecule has 0 aromatic carbocycles. The molecule has 0 spiro atoms. The molecule has 1 aliphatic rings. The predicted octanol–water partition coefficient (Wildman–Crippen LogP) is 7.60. The van der Waals surface area contributed by atoms with Gasteiger partial charge in [-0.15, -0.1) is 0 Å². The van der Waals surface area contributed by atoms with Crippen molar-refractivity contribution in [1.29, 1.82) is 0 Å². The van der Waals surface area contributed by atoms with Gasteiger partial charge in [-0.25, -0.2) is 0 Å². The summed E-state index contributed by atoms with van der Waals surface area (Å²) in [5.41, 5.74) is 0. The van der Waals surface area contributed by atoms with Crippen molar-refractivity contribution < 1.29 is 4.79 Å². The zero-order valence-electron chi connectivity index (χ0n) is 14.8. The smallest absolute Gasteiger partial charge is 0.263 e. The van der Waals surface area contributed by atoms with Gasteiger partial charge in [0.05, 0.1) is 5.03 Å². The maximum Gasteiger partial charge on any atom is 0.263 e. The molecule has 134 valence electrons. The largest absolute Gasteiger partial charge is 0.275 e. The highest BCUT2D eigenvalue weighted by Gasteiger charge is 2.25. The van der Waals surface area contributed by atoms with Gasteiger partial charge < -0.3 is 0 Å². The van der Waals surface area contributed by atoms with Gasteiger partial charge in [-0.3, -0.25) is 4.79 Å². The van der Waals surface area contributed by atoms with Crippen molar-refractivity contribution in [2.75, 3.05) is 0 Å². The number of hydrogen-bond acceptors (Lipinski definition) is 1. The van der Waals surface area contributed by atoms with E-state index in [1.165, 1.54) is 77.0 Å².